The van der Waals surface area contributed by atoms with E-state index in [-0.39, 0.29) is 12.1 Å². The molecule has 0 aliphatic carbocycles. The van der Waals surface area contributed by atoms with Gasteiger partial charge < -0.3 is 5.11 Å². The zero-order valence-electron chi connectivity index (χ0n) is 14.0. The van der Waals surface area contributed by atoms with Crippen LogP contribution in [0.5, 0.6) is 0 Å². The second-order valence-corrected chi connectivity index (χ2v) is 6.18. The van der Waals surface area contributed by atoms with Crippen LogP contribution in [0.25, 0.3) is 0 Å². The zero-order valence-corrected chi connectivity index (χ0v) is 14.0. The van der Waals surface area contributed by atoms with Gasteiger partial charge in [-0.1, -0.05) is 19.1 Å². The van der Waals surface area contributed by atoms with E-state index in [1.165, 1.54) is 19.1 Å². The number of alkyl halides is 3. The van der Waals surface area contributed by atoms with E-state index in [0.29, 0.717) is 13.1 Å². The van der Waals surface area contributed by atoms with Crippen molar-refractivity contribution in [2.24, 2.45) is 7.05 Å². The molecule has 0 fully saturated rings. The van der Waals surface area contributed by atoms with Gasteiger partial charge in [0.2, 0.25) is 0 Å². The summed E-state index contributed by atoms with van der Waals surface area (Å²) in [7, 11) is 1.82. The summed E-state index contributed by atoms with van der Waals surface area (Å²) in [5.41, 5.74) is -0.906. The number of aliphatic hydroxyl groups is 1. The fourth-order valence-electron chi connectivity index (χ4n) is 2.65. The molecule has 0 amide bonds. The molecule has 0 aliphatic heterocycles. The van der Waals surface area contributed by atoms with Gasteiger partial charge in [0.1, 0.15) is 0 Å². The van der Waals surface area contributed by atoms with Crippen LogP contribution >= 0.6 is 0 Å². The van der Waals surface area contributed by atoms with E-state index in [9.17, 15) is 18.3 Å². The molecule has 2 rings (SSSR count). The molecule has 0 saturated heterocycles. The highest BCUT2D eigenvalue weighted by Crippen LogP contribution is 2.32. The van der Waals surface area contributed by atoms with Crippen molar-refractivity contribution in [1.82, 2.24) is 14.7 Å². The Balaban J connectivity index is 2.16. The van der Waals surface area contributed by atoms with Crippen molar-refractivity contribution >= 4 is 0 Å². The molecule has 1 unspecified atom stereocenters. The topological polar surface area (TPSA) is 41.3 Å². The van der Waals surface area contributed by atoms with Crippen LogP contribution in [0.3, 0.4) is 0 Å². The van der Waals surface area contributed by atoms with Gasteiger partial charge in [-0.25, -0.2) is 0 Å². The van der Waals surface area contributed by atoms with Crippen molar-refractivity contribution in [3.05, 3.63) is 53.3 Å². The average Bonchev–Trinajstić information content (AvgIpc) is 2.91. The van der Waals surface area contributed by atoms with Crippen molar-refractivity contribution in [2.45, 2.75) is 32.2 Å². The van der Waals surface area contributed by atoms with Crippen LogP contribution in [0.1, 0.15) is 30.5 Å². The minimum Gasteiger partial charge on any atom is -0.384 e. The predicted octanol–water partition coefficient (Wildman–Crippen LogP) is 3.17. The van der Waals surface area contributed by atoms with E-state index in [1.54, 1.807) is 10.9 Å². The minimum absolute atomic E-state index is 0.222. The van der Waals surface area contributed by atoms with Crippen LogP contribution in [0.4, 0.5) is 13.2 Å². The highest BCUT2D eigenvalue weighted by atomic mass is 19.4. The van der Waals surface area contributed by atoms with Crippen LogP contribution in [0.15, 0.2) is 36.7 Å². The van der Waals surface area contributed by atoms with Crippen molar-refractivity contribution in [3.8, 4) is 0 Å². The maximum absolute atomic E-state index is 12.9. The molecule has 2 aromatic rings. The van der Waals surface area contributed by atoms with Crippen molar-refractivity contribution in [1.29, 1.82) is 0 Å². The van der Waals surface area contributed by atoms with E-state index in [1.807, 2.05) is 25.1 Å². The summed E-state index contributed by atoms with van der Waals surface area (Å²) in [6, 6.07) is 4.86. The Morgan fingerprint density at radius 3 is 2.46 bits per heavy atom. The summed E-state index contributed by atoms with van der Waals surface area (Å²) in [5, 5.41) is 14.8. The lowest BCUT2D eigenvalue weighted by Gasteiger charge is -2.31. The molecule has 0 spiro atoms. The fourth-order valence-corrected chi connectivity index (χ4v) is 2.65. The van der Waals surface area contributed by atoms with Gasteiger partial charge in [0.05, 0.1) is 17.4 Å². The molecule has 1 aromatic carbocycles. The van der Waals surface area contributed by atoms with E-state index in [0.717, 1.165) is 17.7 Å². The van der Waals surface area contributed by atoms with Crippen LogP contribution < -0.4 is 0 Å². The Morgan fingerprint density at radius 2 is 1.92 bits per heavy atom. The maximum Gasteiger partial charge on any atom is 0.416 e. The van der Waals surface area contributed by atoms with Crippen molar-refractivity contribution in [3.63, 3.8) is 0 Å². The molecule has 24 heavy (non-hydrogen) atoms. The third kappa shape index (κ3) is 4.58. The Morgan fingerprint density at radius 1 is 1.25 bits per heavy atom. The zero-order chi connectivity index (χ0) is 18.0. The van der Waals surface area contributed by atoms with Crippen LogP contribution in [0, 0.1) is 0 Å². The molecule has 0 radical (unpaired) electrons. The van der Waals surface area contributed by atoms with E-state index >= 15 is 0 Å². The average molecular weight is 341 g/mol. The first kappa shape index (κ1) is 18.5. The Bertz CT molecular complexity index is 680. The van der Waals surface area contributed by atoms with Gasteiger partial charge >= 0.3 is 6.18 Å². The largest absolute Gasteiger partial charge is 0.416 e. The van der Waals surface area contributed by atoms with E-state index in [4.69, 9.17) is 0 Å². The van der Waals surface area contributed by atoms with Crippen LogP contribution in [0.2, 0.25) is 0 Å². The second-order valence-electron chi connectivity index (χ2n) is 6.18. The van der Waals surface area contributed by atoms with Gasteiger partial charge in [-0.2, -0.15) is 18.3 Å². The number of benzene rings is 1. The summed E-state index contributed by atoms with van der Waals surface area (Å²) < 4.78 is 40.3. The molecule has 0 aliphatic rings. The minimum atomic E-state index is -4.42. The lowest BCUT2D eigenvalue weighted by molar-refractivity contribution is -0.137. The van der Waals surface area contributed by atoms with Crippen LogP contribution in [-0.4, -0.2) is 32.9 Å². The van der Waals surface area contributed by atoms with E-state index < -0.39 is 17.3 Å². The predicted molar refractivity (Wildman–Crippen MR) is 85.2 cm³/mol. The SMILES string of the molecule is CCN(Cc1cnn(C)c1)CC(C)(O)c1cccc(C(F)(F)F)c1. The van der Waals surface area contributed by atoms with Gasteiger partial charge in [-0.05, 0) is 31.2 Å². The third-order valence-corrected chi connectivity index (χ3v) is 3.96. The molecular weight excluding hydrogens is 319 g/mol. The Hall–Kier alpha value is -1.86. The molecule has 0 bridgehead atoms. The third-order valence-electron chi connectivity index (χ3n) is 3.96. The molecule has 1 heterocycles. The Kier molecular flexibility index (Phi) is 5.35. The number of aromatic nitrogens is 2. The standard InChI is InChI=1S/C17H22F3N3O/c1-4-23(11-13-9-21-22(3)10-13)12-16(2,24)14-6-5-7-15(8-14)17(18,19)20/h5-10,24H,4,11-12H2,1-3H3. The highest BCUT2D eigenvalue weighted by Gasteiger charge is 2.33. The first-order valence-corrected chi connectivity index (χ1v) is 7.72. The lowest BCUT2D eigenvalue weighted by Crippen LogP contribution is -2.38. The van der Waals surface area contributed by atoms with Gasteiger partial charge in [0.15, 0.2) is 0 Å². The first-order valence-electron chi connectivity index (χ1n) is 7.72. The van der Waals surface area contributed by atoms with Crippen LogP contribution in [-0.2, 0) is 25.4 Å². The summed E-state index contributed by atoms with van der Waals surface area (Å²) >= 11 is 0. The number of nitrogens with zero attached hydrogens (tertiary/aromatic N) is 3. The summed E-state index contributed by atoms with van der Waals surface area (Å²) in [6.07, 6.45) is -0.810. The van der Waals surface area contributed by atoms with Gasteiger partial charge in [0, 0.05) is 31.9 Å². The first-order chi connectivity index (χ1) is 11.1. The number of rotatable bonds is 6. The van der Waals surface area contributed by atoms with Gasteiger partial charge in [-0.3, -0.25) is 9.58 Å². The number of aryl methyl sites for hydroxylation is 1. The fraction of sp³-hybridized carbons (Fsp3) is 0.471. The molecule has 1 N–H and O–H groups in total. The highest BCUT2D eigenvalue weighted by molar-refractivity contribution is 5.30. The second kappa shape index (κ2) is 6.94. The molecule has 1 atom stereocenters. The van der Waals surface area contributed by atoms with E-state index in [2.05, 4.69) is 5.10 Å². The molecule has 132 valence electrons. The van der Waals surface area contributed by atoms with Crippen molar-refractivity contribution < 1.29 is 18.3 Å². The van der Waals surface area contributed by atoms with Crippen molar-refractivity contribution in [2.75, 3.05) is 13.1 Å². The lowest BCUT2D eigenvalue weighted by atomic mass is 9.93. The smallest absolute Gasteiger partial charge is 0.384 e. The van der Waals surface area contributed by atoms with Gasteiger partial charge in [0.25, 0.3) is 0 Å². The number of hydrogen-bond donors (Lipinski definition) is 1. The summed E-state index contributed by atoms with van der Waals surface area (Å²) in [6.45, 7) is 4.93. The molecule has 0 saturated carbocycles. The summed E-state index contributed by atoms with van der Waals surface area (Å²) in [5.74, 6) is 0. The quantitative estimate of drug-likeness (QED) is 0.877. The molecule has 4 nitrogen and oxygen atoms in total. The maximum atomic E-state index is 12.9. The Labute approximate surface area is 139 Å². The molecule has 7 heteroatoms. The monoisotopic (exact) mass is 341 g/mol. The summed E-state index contributed by atoms with van der Waals surface area (Å²) in [4.78, 5) is 1.97. The normalized spacial score (nSPS) is 14.8. The number of likely N-dealkylation sites (N-methyl/N-ethyl adjacent to an activating group) is 1. The van der Waals surface area contributed by atoms with Gasteiger partial charge in [-0.15, -0.1) is 0 Å². The molecular formula is C17H22F3N3O. The molecule has 1 aromatic heterocycles. The number of halogens is 3. The number of hydrogen-bond acceptors (Lipinski definition) is 3.